The molecule has 0 unspecified atom stereocenters. The van der Waals surface area contributed by atoms with Crippen molar-refractivity contribution in [1.82, 2.24) is 25.3 Å². The van der Waals surface area contributed by atoms with Crippen LogP contribution >= 0.6 is 0 Å². The number of piperidine rings is 1. The minimum Gasteiger partial charge on any atom is -0.352 e. The fraction of sp³-hybridized carbons (Fsp3) is 0.500. The zero-order valence-electron chi connectivity index (χ0n) is 15.9. The van der Waals surface area contributed by atoms with Crippen molar-refractivity contribution in [3.63, 3.8) is 0 Å². The average Bonchev–Trinajstić information content (AvgIpc) is 3.09. The van der Waals surface area contributed by atoms with Gasteiger partial charge in [0.25, 0.3) is 0 Å². The van der Waals surface area contributed by atoms with E-state index in [1.165, 1.54) is 43.5 Å². The van der Waals surface area contributed by atoms with Gasteiger partial charge < -0.3 is 10.6 Å². The maximum atomic E-state index is 4.33. The van der Waals surface area contributed by atoms with Crippen LogP contribution in [-0.4, -0.2) is 40.8 Å². The molecule has 1 saturated heterocycles. The molecule has 1 fully saturated rings. The summed E-state index contributed by atoms with van der Waals surface area (Å²) in [5.74, 6) is 0.805. The molecule has 0 spiro atoms. The molecule has 2 heterocycles. The number of benzene rings is 1. The van der Waals surface area contributed by atoms with E-state index in [1.54, 1.807) is 7.05 Å². The van der Waals surface area contributed by atoms with Gasteiger partial charge in [0.2, 0.25) is 0 Å². The van der Waals surface area contributed by atoms with Crippen LogP contribution in [0.3, 0.4) is 0 Å². The van der Waals surface area contributed by atoms with Crippen LogP contribution in [0.15, 0.2) is 41.5 Å². The number of aliphatic imine (C=N–C) groups is 1. The van der Waals surface area contributed by atoms with Crippen molar-refractivity contribution in [2.45, 2.75) is 38.9 Å². The van der Waals surface area contributed by atoms with Gasteiger partial charge in [-0.15, -0.1) is 0 Å². The van der Waals surface area contributed by atoms with Crippen LogP contribution in [0, 0.1) is 0 Å². The third kappa shape index (κ3) is 5.08. The molecule has 0 aliphatic carbocycles. The Labute approximate surface area is 156 Å². The van der Waals surface area contributed by atoms with Crippen LogP contribution in [0.25, 0.3) is 0 Å². The number of likely N-dealkylation sites (tertiary alicyclic amines) is 1. The van der Waals surface area contributed by atoms with Crippen molar-refractivity contribution in [3.05, 3.63) is 53.3 Å². The molecule has 0 bridgehead atoms. The summed E-state index contributed by atoms with van der Waals surface area (Å²) in [6, 6.07) is 10.7. The van der Waals surface area contributed by atoms with E-state index < -0.39 is 0 Å². The fourth-order valence-electron chi connectivity index (χ4n) is 3.39. The first-order chi connectivity index (χ1) is 12.8. The van der Waals surface area contributed by atoms with E-state index in [-0.39, 0.29) is 0 Å². The highest BCUT2D eigenvalue weighted by molar-refractivity contribution is 5.79. The monoisotopic (exact) mass is 354 g/mol. The minimum atomic E-state index is 0.700. The maximum Gasteiger partial charge on any atom is 0.191 e. The first kappa shape index (κ1) is 18.5. The van der Waals surface area contributed by atoms with E-state index in [2.05, 4.69) is 49.9 Å². The summed E-state index contributed by atoms with van der Waals surface area (Å²) in [6.07, 6.45) is 5.83. The van der Waals surface area contributed by atoms with Crippen molar-refractivity contribution in [2.75, 3.05) is 20.1 Å². The Morgan fingerprint density at radius 3 is 2.46 bits per heavy atom. The first-order valence-corrected chi connectivity index (χ1v) is 9.47. The highest BCUT2D eigenvalue weighted by atomic mass is 15.3. The van der Waals surface area contributed by atoms with Crippen molar-refractivity contribution in [3.8, 4) is 0 Å². The topological polar surface area (TPSA) is 57.5 Å². The van der Waals surface area contributed by atoms with Gasteiger partial charge in [-0.25, -0.2) is 0 Å². The summed E-state index contributed by atoms with van der Waals surface area (Å²) < 4.78 is 1.87. The number of aromatic nitrogens is 2. The lowest BCUT2D eigenvalue weighted by atomic mass is 10.0. The lowest BCUT2D eigenvalue weighted by Crippen LogP contribution is -2.37. The third-order valence-corrected chi connectivity index (χ3v) is 4.99. The fourth-order valence-corrected chi connectivity index (χ4v) is 3.39. The second-order valence-electron chi connectivity index (χ2n) is 6.83. The highest BCUT2D eigenvalue weighted by Gasteiger charge is 2.12. The van der Waals surface area contributed by atoms with E-state index in [0.717, 1.165) is 24.7 Å². The molecule has 1 aliphatic rings. The largest absolute Gasteiger partial charge is 0.352 e. The van der Waals surface area contributed by atoms with Crippen molar-refractivity contribution < 1.29 is 0 Å². The van der Waals surface area contributed by atoms with Crippen molar-refractivity contribution >= 4 is 5.96 Å². The van der Waals surface area contributed by atoms with E-state index in [0.29, 0.717) is 6.54 Å². The third-order valence-electron chi connectivity index (χ3n) is 4.99. The molecule has 0 radical (unpaired) electrons. The SMILES string of the molecule is CN=C(NCc1ccccc1CN1CCCCC1)NCc1ccnn1C. The number of nitrogens with one attached hydrogen (secondary N) is 2. The Bertz CT molecular complexity index is 715. The molecule has 140 valence electrons. The number of hydrogen-bond donors (Lipinski definition) is 2. The van der Waals surface area contributed by atoms with Crippen molar-refractivity contribution in [1.29, 1.82) is 0 Å². The summed E-state index contributed by atoms with van der Waals surface area (Å²) >= 11 is 0. The summed E-state index contributed by atoms with van der Waals surface area (Å²) in [5, 5.41) is 11.0. The number of nitrogens with zero attached hydrogens (tertiary/aromatic N) is 4. The van der Waals surface area contributed by atoms with Gasteiger partial charge in [-0.3, -0.25) is 14.6 Å². The van der Waals surface area contributed by atoms with Gasteiger partial charge >= 0.3 is 0 Å². The maximum absolute atomic E-state index is 4.33. The minimum absolute atomic E-state index is 0.700. The van der Waals surface area contributed by atoms with E-state index in [9.17, 15) is 0 Å². The number of aryl methyl sites for hydroxylation is 1. The van der Waals surface area contributed by atoms with Gasteiger partial charge in [-0.1, -0.05) is 30.7 Å². The summed E-state index contributed by atoms with van der Waals surface area (Å²) in [6.45, 7) is 4.95. The Balaban J connectivity index is 1.55. The molecule has 0 amide bonds. The molecule has 2 N–H and O–H groups in total. The first-order valence-electron chi connectivity index (χ1n) is 9.47. The number of guanidine groups is 1. The van der Waals surface area contributed by atoms with Crippen LogP contribution in [0.1, 0.15) is 36.1 Å². The normalized spacial score (nSPS) is 15.8. The quantitative estimate of drug-likeness (QED) is 0.617. The second-order valence-corrected chi connectivity index (χ2v) is 6.83. The molecule has 1 aromatic heterocycles. The van der Waals surface area contributed by atoms with E-state index >= 15 is 0 Å². The van der Waals surface area contributed by atoms with Crippen LogP contribution in [-0.2, 0) is 26.7 Å². The van der Waals surface area contributed by atoms with E-state index in [1.807, 2.05) is 24.0 Å². The summed E-state index contributed by atoms with van der Waals surface area (Å²) in [4.78, 5) is 6.90. The molecule has 6 heteroatoms. The average molecular weight is 355 g/mol. The Morgan fingerprint density at radius 2 is 1.77 bits per heavy atom. The second kappa shape index (κ2) is 9.38. The van der Waals surface area contributed by atoms with Gasteiger partial charge in [-0.05, 0) is 43.1 Å². The lowest BCUT2D eigenvalue weighted by Gasteiger charge is -2.27. The molecule has 0 saturated carbocycles. The molecule has 2 aromatic rings. The van der Waals surface area contributed by atoms with Gasteiger partial charge in [0, 0.05) is 33.4 Å². The van der Waals surface area contributed by atoms with Gasteiger partial charge in [-0.2, -0.15) is 5.10 Å². The predicted molar refractivity (Wildman–Crippen MR) is 106 cm³/mol. The van der Waals surface area contributed by atoms with Crippen molar-refractivity contribution in [2.24, 2.45) is 12.0 Å². The van der Waals surface area contributed by atoms with Crippen LogP contribution in [0.5, 0.6) is 0 Å². The Hall–Kier alpha value is -2.34. The van der Waals surface area contributed by atoms with Crippen LogP contribution in [0.2, 0.25) is 0 Å². The zero-order chi connectivity index (χ0) is 18.2. The summed E-state index contributed by atoms with van der Waals surface area (Å²) in [7, 11) is 3.75. The Morgan fingerprint density at radius 1 is 1.04 bits per heavy atom. The molecule has 0 atom stereocenters. The number of rotatable bonds is 6. The van der Waals surface area contributed by atoms with Gasteiger partial charge in [0.1, 0.15) is 0 Å². The molecule has 6 nitrogen and oxygen atoms in total. The zero-order valence-corrected chi connectivity index (χ0v) is 15.9. The highest BCUT2D eigenvalue weighted by Crippen LogP contribution is 2.16. The van der Waals surface area contributed by atoms with Crippen LogP contribution in [0.4, 0.5) is 0 Å². The molecular formula is C20H30N6. The Kier molecular flexibility index (Phi) is 6.66. The van der Waals surface area contributed by atoms with Crippen LogP contribution < -0.4 is 10.6 Å². The molecule has 1 aliphatic heterocycles. The molecular weight excluding hydrogens is 324 g/mol. The number of hydrogen-bond acceptors (Lipinski definition) is 3. The smallest absolute Gasteiger partial charge is 0.191 e. The lowest BCUT2D eigenvalue weighted by molar-refractivity contribution is 0.220. The molecule has 3 rings (SSSR count). The summed E-state index contributed by atoms with van der Waals surface area (Å²) in [5.41, 5.74) is 3.86. The van der Waals surface area contributed by atoms with E-state index in [4.69, 9.17) is 0 Å². The van der Waals surface area contributed by atoms with Gasteiger partial charge in [0.05, 0.1) is 12.2 Å². The molecule has 26 heavy (non-hydrogen) atoms. The standard InChI is InChI=1S/C20H30N6/c1-21-20(23-15-19-10-11-24-25(19)2)22-14-17-8-4-5-9-18(17)16-26-12-6-3-7-13-26/h4-5,8-11H,3,6-7,12-16H2,1-2H3,(H2,21,22,23). The molecule has 1 aromatic carbocycles. The van der Waals surface area contributed by atoms with Gasteiger partial charge in [0.15, 0.2) is 5.96 Å². The predicted octanol–water partition coefficient (Wildman–Crippen LogP) is 2.27.